The van der Waals surface area contributed by atoms with Crippen LogP contribution in [0.2, 0.25) is 0 Å². The Labute approximate surface area is 187 Å². The summed E-state index contributed by atoms with van der Waals surface area (Å²) in [6, 6.07) is 29.5. The van der Waals surface area contributed by atoms with Crippen LogP contribution in [0, 0.1) is 6.92 Å². The lowest BCUT2D eigenvalue weighted by Gasteiger charge is -2.22. The molecule has 0 bridgehead atoms. The van der Waals surface area contributed by atoms with E-state index >= 15 is 0 Å². The number of carbonyl (C=O) groups is 1. The molecule has 1 aromatic heterocycles. The van der Waals surface area contributed by atoms with Crippen LogP contribution in [0.15, 0.2) is 102 Å². The van der Waals surface area contributed by atoms with Crippen LogP contribution in [-0.4, -0.2) is 15.7 Å². The van der Waals surface area contributed by atoms with Crippen LogP contribution in [0.4, 0.5) is 0 Å². The molecular weight excluding hydrogens is 398 g/mol. The van der Waals surface area contributed by atoms with Crippen LogP contribution in [-0.2, 0) is 4.79 Å². The molecule has 5 heteroatoms. The highest BCUT2D eigenvalue weighted by molar-refractivity contribution is 5.80. The molecule has 0 spiro atoms. The van der Waals surface area contributed by atoms with Crippen LogP contribution < -0.4 is 10.9 Å². The van der Waals surface area contributed by atoms with Gasteiger partial charge in [0.1, 0.15) is 6.04 Å². The molecule has 0 saturated carbocycles. The quantitative estimate of drug-likeness (QED) is 0.490. The van der Waals surface area contributed by atoms with Gasteiger partial charge in [-0.15, -0.1) is 0 Å². The maximum atomic E-state index is 13.2. The Kier molecular flexibility index (Phi) is 6.26. The van der Waals surface area contributed by atoms with Crippen LogP contribution >= 0.6 is 0 Å². The second-order valence-electron chi connectivity index (χ2n) is 7.81. The number of amides is 1. The van der Waals surface area contributed by atoms with Crippen molar-refractivity contribution in [2.24, 2.45) is 0 Å². The van der Waals surface area contributed by atoms with Crippen molar-refractivity contribution >= 4 is 5.91 Å². The van der Waals surface area contributed by atoms with Crippen molar-refractivity contribution < 1.29 is 4.79 Å². The second-order valence-corrected chi connectivity index (χ2v) is 7.81. The first-order valence-corrected chi connectivity index (χ1v) is 10.6. The molecule has 0 saturated heterocycles. The van der Waals surface area contributed by atoms with E-state index < -0.39 is 6.04 Å². The van der Waals surface area contributed by atoms with E-state index in [0.29, 0.717) is 5.69 Å². The Hall–Kier alpha value is -3.99. The summed E-state index contributed by atoms with van der Waals surface area (Å²) < 4.78 is 1.25. The van der Waals surface area contributed by atoms with E-state index in [1.165, 1.54) is 10.7 Å². The average molecular weight is 424 g/mol. The molecule has 32 heavy (non-hydrogen) atoms. The SMILES string of the molecule is Cc1ccc(-c2ccc(=O)n(C(C)C(=O)NC(c3ccccc3)c3ccccc3)n2)cc1. The topological polar surface area (TPSA) is 64.0 Å². The van der Waals surface area contributed by atoms with Gasteiger partial charge >= 0.3 is 0 Å². The molecule has 4 aromatic rings. The molecule has 0 aliphatic carbocycles. The van der Waals surface area contributed by atoms with E-state index in [1.54, 1.807) is 13.0 Å². The Balaban J connectivity index is 1.63. The van der Waals surface area contributed by atoms with Gasteiger partial charge in [0.25, 0.3) is 5.56 Å². The smallest absolute Gasteiger partial charge is 0.267 e. The molecule has 1 heterocycles. The summed E-state index contributed by atoms with van der Waals surface area (Å²) in [5, 5.41) is 7.59. The van der Waals surface area contributed by atoms with Gasteiger partial charge in [-0.3, -0.25) is 9.59 Å². The molecular formula is C27H25N3O2. The van der Waals surface area contributed by atoms with Gasteiger partial charge in [-0.05, 0) is 31.0 Å². The molecule has 1 atom stereocenters. The molecule has 0 radical (unpaired) electrons. The minimum atomic E-state index is -0.775. The zero-order chi connectivity index (χ0) is 22.5. The molecule has 160 valence electrons. The Morgan fingerprint density at radius 2 is 1.38 bits per heavy atom. The summed E-state index contributed by atoms with van der Waals surface area (Å²) in [4.78, 5) is 25.8. The molecule has 1 amide bonds. The van der Waals surface area contributed by atoms with Crippen molar-refractivity contribution in [2.75, 3.05) is 0 Å². The van der Waals surface area contributed by atoms with Crippen molar-refractivity contribution in [1.82, 2.24) is 15.1 Å². The van der Waals surface area contributed by atoms with E-state index in [2.05, 4.69) is 10.4 Å². The number of aromatic nitrogens is 2. The highest BCUT2D eigenvalue weighted by Gasteiger charge is 2.23. The second kappa shape index (κ2) is 9.43. The van der Waals surface area contributed by atoms with Crippen molar-refractivity contribution in [2.45, 2.75) is 25.9 Å². The lowest BCUT2D eigenvalue weighted by Crippen LogP contribution is -2.39. The summed E-state index contributed by atoms with van der Waals surface area (Å²) >= 11 is 0. The minimum absolute atomic E-state index is 0.279. The van der Waals surface area contributed by atoms with Gasteiger partial charge in [0.05, 0.1) is 11.7 Å². The minimum Gasteiger partial charge on any atom is -0.343 e. The molecule has 1 unspecified atom stereocenters. The van der Waals surface area contributed by atoms with Gasteiger partial charge in [-0.25, -0.2) is 4.68 Å². The highest BCUT2D eigenvalue weighted by Crippen LogP contribution is 2.23. The van der Waals surface area contributed by atoms with Gasteiger partial charge in [-0.1, -0.05) is 90.5 Å². The van der Waals surface area contributed by atoms with Gasteiger partial charge in [0, 0.05) is 11.6 Å². The average Bonchev–Trinajstić information content (AvgIpc) is 2.84. The van der Waals surface area contributed by atoms with E-state index in [1.807, 2.05) is 91.9 Å². The number of aryl methyl sites for hydroxylation is 1. The predicted octanol–water partition coefficient (Wildman–Crippen LogP) is 4.69. The van der Waals surface area contributed by atoms with Crippen molar-refractivity contribution in [3.63, 3.8) is 0 Å². The fraction of sp³-hybridized carbons (Fsp3) is 0.148. The van der Waals surface area contributed by atoms with Crippen LogP contribution in [0.3, 0.4) is 0 Å². The number of hydrogen-bond acceptors (Lipinski definition) is 3. The number of carbonyl (C=O) groups excluding carboxylic acids is 1. The third-order valence-corrected chi connectivity index (χ3v) is 5.47. The summed E-state index contributed by atoms with van der Waals surface area (Å²) in [6.45, 7) is 3.70. The first kappa shape index (κ1) is 21.2. The van der Waals surface area contributed by atoms with Crippen LogP contribution in [0.25, 0.3) is 11.3 Å². The summed E-state index contributed by atoms with van der Waals surface area (Å²) in [5.41, 5.74) is 4.29. The van der Waals surface area contributed by atoms with E-state index in [4.69, 9.17) is 0 Å². The maximum Gasteiger partial charge on any atom is 0.267 e. The first-order valence-electron chi connectivity index (χ1n) is 10.6. The fourth-order valence-electron chi connectivity index (χ4n) is 3.61. The monoisotopic (exact) mass is 423 g/mol. The zero-order valence-electron chi connectivity index (χ0n) is 18.1. The standard InChI is InChI=1S/C27H25N3O2/c1-19-13-15-21(16-14-19)24-17-18-25(31)30(29-24)20(2)27(32)28-26(22-9-5-3-6-10-22)23-11-7-4-8-12-23/h3-18,20,26H,1-2H3,(H,28,32). The van der Waals surface area contributed by atoms with Gasteiger partial charge in [0.2, 0.25) is 5.91 Å². The van der Waals surface area contributed by atoms with Gasteiger partial charge < -0.3 is 5.32 Å². The van der Waals surface area contributed by atoms with Crippen molar-refractivity contribution in [1.29, 1.82) is 0 Å². The normalized spacial score (nSPS) is 11.8. The summed E-state index contributed by atoms with van der Waals surface area (Å²) in [5.74, 6) is -0.279. The number of benzene rings is 3. The highest BCUT2D eigenvalue weighted by atomic mass is 16.2. The molecule has 0 fully saturated rings. The largest absolute Gasteiger partial charge is 0.343 e. The third kappa shape index (κ3) is 4.67. The van der Waals surface area contributed by atoms with Crippen molar-refractivity contribution in [3.05, 3.63) is 124 Å². The lowest BCUT2D eigenvalue weighted by molar-refractivity contribution is -0.124. The summed E-state index contributed by atoms with van der Waals surface area (Å²) in [7, 11) is 0. The molecule has 3 aromatic carbocycles. The molecule has 0 aliphatic rings. The van der Waals surface area contributed by atoms with Gasteiger partial charge in [0.15, 0.2) is 0 Å². The zero-order valence-corrected chi connectivity index (χ0v) is 18.1. The number of hydrogen-bond donors (Lipinski definition) is 1. The Morgan fingerprint density at radius 3 is 1.94 bits per heavy atom. The predicted molar refractivity (Wildman–Crippen MR) is 126 cm³/mol. The van der Waals surface area contributed by atoms with Crippen LogP contribution in [0.5, 0.6) is 0 Å². The van der Waals surface area contributed by atoms with Crippen molar-refractivity contribution in [3.8, 4) is 11.3 Å². The first-order chi connectivity index (χ1) is 15.5. The third-order valence-electron chi connectivity index (χ3n) is 5.47. The Morgan fingerprint density at radius 1 is 0.812 bits per heavy atom. The molecule has 0 aliphatic heterocycles. The molecule has 5 nitrogen and oxygen atoms in total. The Bertz CT molecular complexity index is 1210. The molecule has 1 N–H and O–H groups in total. The van der Waals surface area contributed by atoms with E-state index in [-0.39, 0.29) is 17.5 Å². The number of rotatable bonds is 6. The van der Waals surface area contributed by atoms with Gasteiger partial charge in [-0.2, -0.15) is 5.10 Å². The number of nitrogens with one attached hydrogen (secondary N) is 1. The fourth-order valence-corrected chi connectivity index (χ4v) is 3.61. The summed E-state index contributed by atoms with van der Waals surface area (Å²) in [6.07, 6.45) is 0. The van der Waals surface area contributed by atoms with Crippen LogP contribution in [0.1, 0.15) is 35.7 Å². The number of nitrogens with zero attached hydrogens (tertiary/aromatic N) is 2. The molecule has 4 rings (SSSR count). The lowest BCUT2D eigenvalue weighted by atomic mass is 9.98. The van der Waals surface area contributed by atoms with E-state index in [0.717, 1.165) is 22.3 Å². The maximum absolute atomic E-state index is 13.2. The van der Waals surface area contributed by atoms with E-state index in [9.17, 15) is 9.59 Å².